The first-order chi connectivity index (χ1) is 4.18. The van der Waals surface area contributed by atoms with Crippen molar-refractivity contribution in [2.75, 3.05) is 6.61 Å². The smallest absolute Gasteiger partial charge is 0.391 e. The Balaban J connectivity index is 3.39. The largest absolute Gasteiger partial charge is 0.474 e. The van der Waals surface area contributed by atoms with E-state index in [4.69, 9.17) is 10.5 Å². The van der Waals surface area contributed by atoms with Crippen molar-refractivity contribution in [1.82, 2.24) is 0 Å². The van der Waals surface area contributed by atoms with Crippen LogP contribution in [0.3, 0.4) is 0 Å². The van der Waals surface area contributed by atoms with E-state index in [1.165, 1.54) is 0 Å². The fourth-order valence-electron chi connectivity index (χ4n) is 0.266. The van der Waals surface area contributed by atoms with Crippen LogP contribution in [-0.4, -0.2) is 23.6 Å². The number of carbonyl (C=O) groups is 1. The third-order valence-electron chi connectivity index (χ3n) is 0.645. The number of hydrogen-bond donors (Lipinski definition) is 2. The zero-order chi connectivity index (χ0) is 7.28. The molecular weight excluding hydrogens is 122 g/mol. The van der Waals surface area contributed by atoms with Gasteiger partial charge in [-0.05, 0) is 6.42 Å². The Bertz CT molecular complexity index is 121. The fraction of sp³-hybridized carbons (Fsp3) is 0.600. The molecule has 0 saturated carbocycles. The minimum absolute atomic E-state index is 0.297. The van der Waals surface area contributed by atoms with Gasteiger partial charge in [-0.3, -0.25) is 5.41 Å². The zero-order valence-electron chi connectivity index (χ0n) is 5.18. The van der Waals surface area contributed by atoms with Gasteiger partial charge in [0, 0.05) is 0 Å². The second-order valence-electron chi connectivity index (χ2n) is 1.48. The number of nitrogens with one attached hydrogen (secondary N) is 1. The van der Waals surface area contributed by atoms with Crippen molar-refractivity contribution >= 4 is 11.9 Å². The molecule has 0 aromatic heterocycles. The Morgan fingerprint density at radius 3 is 2.67 bits per heavy atom. The summed E-state index contributed by atoms with van der Waals surface area (Å²) in [7, 11) is 0. The minimum Gasteiger partial charge on any atom is -0.474 e. The predicted octanol–water partition coefficient (Wildman–Crippen LogP) is 0.475. The summed E-state index contributed by atoms with van der Waals surface area (Å²) in [6.45, 7) is 2.14. The number of hydrogen-bond acceptors (Lipinski definition) is 3. The number of carboxylic acids is 1. The Morgan fingerprint density at radius 1 is 1.78 bits per heavy atom. The van der Waals surface area contributed by atoms with Crippen LogP contribution in [0.25, 0.3) is 0 Å². The Morgan fingerprint density at radius 2 is 2.33 bits per heavy atom. The maximum absolute atomic E-state index is 9.86. The molecule has 0 aliphatic heterocycles. The van der Waals surface area contributed by atoms with Crippen LogP contribution in [-0.2, 0) is 9.53 Å². The van der Waals surface area contributed by atoms with Crippen LogP contribution in [0, 0.1) is 5.41 Å². The molecule has 0 unspecified atom stereocenters. The van der Waals surface area contributed by atoms with E-state index in [2.05, 4.69) is 4.74 Å². The van der Waals surface area contributed by atoms with E-state index in [-0.39, 0.29) is 0 Å². The molecule has 0 aromatic rings. The van der Waals surface area contributed by atoms with Crippen LogP contribution in [0.4, 0.5) is 0 Å². The SMILES string of the molecule is CCCOC(=N)C(=O)O. The van der Waals surface area contributed by atoms with Crippen molar-refractivity contribution in [1.29, 1.82) is 5.41 Å². The van der Waals surface area contributed by atoms with Crippen molar-refractivity contribution in [2.45, 2.75) is 13.3 Å². The van der Waals surface area contributed by atoms with E-state index in [0.717, 1.165) is 6.42 Å². The minimum atomic E-state index is -1.32. The van der Waals surface area contributed by atoms with Gasteiger partial charge in [0.05, 0.1) is 6.61 Å². The summed E-state index contributed by atoms with van der Waals surface area (Å²) >= 11 is 0. The quantitative estimate of drug-likeness (QED) is 0.423. The van der Waals surface area contributed by atoms with Crippen molar-refractivity contribution in [3.8, 4) is 0 Å². The Hall–Kier alpha value is -1.06. The van der Waals surface area contributed by atoms with Gasteiger partial charge in [-0.1, -0.05) is 6.92 Å². The van der Waals surface area contributed by atoms with E-state index in [9.17, 15) is 4.79 Å². The lowest BCUT2D eigenvalue weighted by Crippen LogP contribution is -2.15. The van der Waals surface area contributed by atoms with E-state index in [0.29, 0.717) is 6.61 Å². The monoisotopic (exact) mass is 131 g/mol. The maximum atomic E-state index is 9.86. The number of rotatable bonds is 2. The lowest BCUT2D eigenvalue weighted by Gasteiger charge is -1.98. The third kappa shape index (κ3) is 3.52. The summed E-state index contributed by atoms with van der Waals surface area (Å²) in [5, 5.41) is 14.7. The molecule has 0 rings (SSSR count). The molecule has 2 N–H and O–H groups in total. The summed E-state index contributed by atoms with van der Waals surface area (Å²) in [5.41, 5.74) is 0. The molecule has 0 saturated heterocycles. The highest BCUT2D eigenvalue weighted by molar-refractivity contribution is 6.30. The molecule has 0 aromatic carbocycles. The second kappa shape index (κ2) is 3.88. The second-order valence-corrected chi connectivity index (χ2v) is 1.48. The summed E-state index contributed by atoms with van der Waals surface area (Å²) in [5.74, 6) is -2.00. The van der Waals surface area contributed by atoms with Crippen LogP contribution in [0.2, 0.25) is 0 Å². The van der Waals surface area contributed by atoms with E-state index in [1.54, 1.807) is 0 Å². The normalized spacial score (nSPS) is 8.56. The topological polar surface area (TPSA) is 70.4 Å². The summed E-state index contributed by atoms with van der Waals surface area (Å²) < 4.78 is 4.44. The van der Waals surface area contributed by atoms with Crippen molar-refractivity contribution in [3.05, 3.63) is 0 Å². The Labute approximate surface area is 53.0 Å². The number of ether oxygens (including phenoxy) is 1. The summed E-state index contributed by atoms with van der Waals surface area (Å²) in [6, 6.07) is 0. The van der Waals surface area contributed by atoms with E-state index < -0.39 is 11.9 Å². The molecule has 0 radical (unpaired) electrons. The van der Waals surface area contributed by atoms with Gasteiger partial charge in [-0.25, -0.2) is 4.79 Å². The fourth-order valence-corrected chi connectivity index (χ4v) is 0.266. The highest BCUT2D eigenvalue weighted by atomic mass is 16.5. The first-order valence-electron chi connectivity index (χ1n) is 2.63. The molecule has 0 aliphatic carbocycles. The van der Waals surface area contributed by atoms with Gasteiger partial charge in [0.25, 0.3) is 5.90 Å². The lowest BCUT2D eigenvalue weighted by molar-refractivity contribution is -0.131. The van der Waals surface area contributed by atoms with Crippen LogP contribution in [0.15, 0.2) is 0 Å². The molecule has 9 heavy (non-hydrogen) atoms. The molecule has 4 nitrogen and oxygen atoms in total. The van der Waals surface area contributed by atoms with Gasteiger partial charge in [-0.2, -0.15) is 0 Å². The van der Waals surface area contributed by atoms with Crippen LogP contribution in [0.1, 0.15) is 13.3 Å². The Kier molecular flexibility index (Phi) is 3.43. The average Bonchev–Trinajstić information content (AvgIpc) is 1.82. The predicted molar refractivity (Wildman–Crippen MR) is 31.6 cm³/mol. The number of carboxylic acid groups (broad SMARTS) is 1. The zero-order valence-corrected chi connectivity index (χ0v) is 5.18. The molecular formula is C5H9NO3. The van der Waals surface area contributed by atoms with Gasteiger partial charge >= 0.3 is 5.97 Å². The first-order valence-corrected chi connectivity index (χ1v) is 2.63. The van der Waals surface area contributed by atoms with Crippen molar-refractivity contribution in [3.63, 3.8) is 0 Å². The average molecular weight is 131 g/mol. The maximum Gasteiger partial charge on any atom is 0.391 e. The molecule has 0 atom stereocenters. The standard InChI is InChI=1S/C5H9NO3/c1-2-3-9-4(6)5(7)8/h6H,2-3H2,1H3,(H,7,8). The molecule has 0 heterocycles. The van der Waals surface area contributed by atoms with Crippen molar-refractivity contribution in [2.24, 2.45) is 0 Å². The molecule has 0 spiro atoms. The molecule has 0 aliphatic rings. The molecule has 0 amide bonds. The van der Waals surface area contributed by atoms with Crippen LogP contribution in [0.5, 0.6) is 0 Å². The van der Waals surface area contributed by atoms with Gasteiger partial charge in [0.1, 0.15) is 0 Å². The highest BCUT2D eigenvalue weighted by Crippen LogP contribution is 1.81. The lowest BCUT2D eigenvalue weighted by atomic mass is 10.5. The van der Waals surface area contributed by atoms with E-state index >= 15 is 0 Å². The third-order valence-corrected chi connectivity index (χ3v) is 0.645. The molecule has 4 heteroatoms. The van der Waals surface area contributed by atoms with Gasteiger partial charge in [-0.15, -0.1) is 0 Å². The van der Waals surface area contributed by atoms with Gasteiger partial charge in [0.2, 0.25) is 0 Å². The van der Waals surface area contributed by atoms with Crippen molar-refractivity contribution < 1.29 is 14.6 Å². The van der Waals surface area contributed by atoms with E-state index in [1.807, 2.05) is 6.92 Å². The highest BCUT2D eigenvalue weighted by Gasteiger charge is 2.05. The molecule has 0 fully saturated rings. The number of aliphatic carboxylic acids is 1. The van der Waals surface area contributed by atoms with Gasteiger partial charge < -0.3 is 9.84 Å². The van der Waals surface area contributed by atoms with Crippen LogP contribution >= 0.6 is 0 Å². The summed E-state index contributed by atoms with van der Waals surface area (Å²) in [6.07, 6.45) is 0.718. The van der Waals surface area contributed by atoms with Crippen LogP contribution < -0.4 is 0 Å². The summed E-state index contributed by atoms with van der Waals surface area (Å²) in [4.78, 5) is 9.86. The van der Waals surface area contributed by atoms with Gasteiger partial charge in [0.15, 0.2) is 0 Å². The first kappa shape index (κ1) is 7.94. The molecule has 0 bridgehead atoms. The molecule has 52 valence electrons.